The van der Waals surface area contributed by atoms with E-state index in [0.717, 1.165) is 25.8 Å². The van der Waals surface area contributed by atoms with E-state index in [2.05, 4.69) is 19.2 Å². The first-order valence-electron chi connectivity index (χ1n) is 9.15. The molecule has 0 bridgehead atoms. The topological polar surface area (TPSA) is 60.0 Å². The summed E-state index contributed by atoms with van der Waals surface area (Å²) >= 11 is 0. The monoisotopic (exact) mass is 340 g/mol. The van der Waals surface area contributed by atoms with E-state index in [4.69, 9.17) is 14.2 Å². The number of nitrogens with one attached hydrogen (secondary N) is 1. The maximum atomic E-state index is 12.8. The third-order valence-electron chi connectivity index (χ3n) is 5.68. The first kappa shape index (κ1) is 18.0. The molecule has 3 aliphatic heterocycles. The Morgan fingerprint density at radius 3 is 2.38 bits per heavy atom. The standard InChI is InChI=1S/C18H32N2O4/c1-16(2)11-14(17(3,4)24-16)19-15(21)20-8-6-7-13(12-20)18(5)22-9-10-23-18/h13-14H,6-12H2,1-5H3,(H,19,21). The molecule has 0 saturated carbocycles. The molecule has 0 radical (unpaired) electrons. The number of piperidine rings is 1. The SMILES string of the molecule is CC1(C)CC(NC(=O)N2CCCC(C3(C)OCCO3)C2)C(C)(C)O1. The minimum atomic E-state index is -0.545. The van der Waals surface area contributed by atoms with Gasteiger partial charge in [-0.05, 0) is 53.9 Å². The minimum Gasteiger partial charge on any atom is -0.367 e. The van der Waals surface area contributed by atoms with Crippen molar-refractivity contribution in [1.82, 2.24) is 10.2 Å². The summed E-state index contributed by atoms with van der Waals surface area (Å²) in [5, 5.41) is 3.20. The molecular formula is C18H32N2O4. The van der Waals surface area contributed by atoms with Gasteiger partial charge in [-0.25, -0.2) is 4.79 Å². The third kappa shape index (κ3) is 3.55. The van der Waals surface area contributed by atoms with Crippen molar-refractivity contribution >= 4 is 6.03 Å². The number of nitrogens with zero attached hydrogens (tertiary/aromatic N) is 1. The van der Waals surface area contributed by atoms with Crippen LogP contribution in [0, 0.1) is 5.92 Å². The molecule has 0 aromatic rings. The fourth-order valence-electron chi connectivity index (χ4n) is 4.38. The number of hydrogen-bond donors (Lipinski definition) is 1. The van der Waals surface area contributed by atoms with E-state index in [9.17, 15) is 4.79 Å². The second-order valence-corrected chi connectivity index (χ2v) is 8.67. The molecule has 1 N–H and O–H groups in total. The summed E-state index contributed by atoms with van der Waals surface area (Å²) in [4.78, 5) is 14.7. The van der Waals surface area contributed by atoms with Gasteiger partial charge >= 0.3 is 6.03 Å². The van der Waals surface area contributed by atoms with Crippen molar-refractivity contribution in [3.8, 4) is 0 Å². The van der Waals surface area contributed by atoms with E-state index in [-0.39, 0.29) is 29.2 Å². The fourth-order valence-corrected chi connectivity index (χ4v) is 4.38. The third-order valence-corrected chi connectivity index (χ3v) is 5.68. The molecular weight excluding hydrogens is 308 g/mol. The predicted molar refractivity (Wildman–Crippen MR) is 90.8 cm³/mol. The zero-order valence-electron chi connectivity index (χ0n) is 15.7. The van der Waals surface area contributed by atoms with Gasteiger partial charge in [-0.1, -0.05) is 0 Å². The first-order valence-corrected chi connectivity index (χ1v) is 9.15. The van der Waals surface area contributed by atoms with Crippen molar-refractivity contribution in [2.45, 2.75) is 76.9 Å². The molecule has 3 aliphatic rings. The molecule has 6 heteroatoms. The summed E-state index contributed by atoms with van der Waals surface area (Å²) in [5.41, 5.74) is -0.553. The van der Waals surface area contributed by atoms with Crippen LogP contribution in [-0.2, 0) is 14.2 Å². The molecule has 2 amide bonds. The zero-order chi connectivity index (χ0) is 17.6. The van der Waals surface area contributed by atoms with Crippen molar-refractivity contribution in [3.05, 3.63) is 0 Å². The van der Waals surface area contributed by atoms with Crippen molar-refractivity contribution in [3.63, 3.8) is 0 Å². The van der Waals surface area contributed by atoms with E-state index in [1.165, 1.54) is 0 Å². The number of carbonyl (C=O) groups excluding carboxylic acids is 1. The second kappa shape index (κ2) is 6.15. The maximum absolute atomic E-state index is 12.8. The van der Waals surface area contributed by atoms with Gasteiger partial charge in [-0.2, -0.15) is 0 Å². The molecule has 2 atom stereocenters. The van der Waals surface area contributed by atoms with Crippen LogP contribution in [0.1, 0.15) is 53.9 Å². The number of amides is 2. The van der Waals surface area contributed by atoms with Crippen LogP contribution < -0.4 is 5.32 Å². The minimum absolute atomic E-state index is 0.000622. The Hall–Kier alpha value is -0.850. The molecule has 3 heterocycles. The number of urea groups is 1. The summed E-state index contributed by atoms with van der Waals surface area (Å²) < 4.78 is 17.7. The van der Waals surface area contributed by atoms with E-state index in [1.807, 2.05) is 25.7 Å². The van der Waals surface area contributed by atoms with E-state index < -0.39 is 5.79 Å². The van der Waals surface area contributed by atoms with Crippen LogP contribution in [0.3, 0.4) is 0 Å². The van der Waals surface area contributed by atoms with Gasteiger partial charge in [0.15, 0.2) is 5.79 Å². The largest absolute Gasteiger partial charge is 0.367 e. The summed E-state index contributed by atoms with van der Waals surface area (Å²) in [7, 11) is 0. The van der Waals surface area contributed by atoms with Crippen molar-refractivity contribution in [2.75, 3.05) is 26.3 Å². The highest BCUT2D eigenvalue weighted by atomic mass is 16.7. The van der Waals surface area contributed by atoms with Crippen LogP contribution in [0.15, 0.2) is 0 Å². The van der Waals surface area contributed by atoms with Crippen LogP contribution in [0.5, 0.6) is 0 Å². The van der Waals surface area contributed by atoms with Crippen LogP contribution >= 0.6 is 0 Å². The van der Waals surface area contributed by atoms with E-state index in [0.29, 0.717) is 19.8 Å². The van der Waals surface area contributed by atoms with Gasteiger partial charge in [0.25, 0.3) is 0 Å². The highest BCUT2D eigenvalue weighted by Crippen LogP contribution is 2.38. The number of rotatable bonds is 2. The molecule has 0 aromatic carbocycles. The van der Waals surface area contributed by atoms with Crippen molar-refractivity contribution in [2.24, 2.45) is 5.92 Å². The molecule has 138 valence electrons. The summed E-state index contributed by atoms with van der Waals surface area (Å²) in [6.45, 7) is 13.0. The lowest BCUT2D eigenvalue weighted by Crippen LogP contribution is -2.55. The van der Waals surface area contributed by atoms with Crippen molar-refractivity contribution < 1.29 is 19.0 Å². The average Bonchev–Trinajstić information content (AvgIpc) is 3.01. The molecule has 0 spiro atoms. The number of carbonyl (C=O) groups is 1. The number of ether oxygens (including phenoxy) is 3. The highest BCUT2D eigenvalue weighted by Gasteiger charge is 2.47. The summed E-state index contributed by atoms with van der Waals surface area (Å²) in [6, 6.07) is 0.0237. The van der Waals surface area contributed by atoms with Crippen LogP contribution in [0.25, 0.3) is 0 Å². The molecule has 6 nitrogen and oxygen atoms in total. The van der Waals surface area contributed by atoms with Gasteiger partial charge in [0, 0.05) is 19.0 Å². The Bertz CT molecular complexity index is 485. The Morgan fingerprint density at radius 1 is 1.12 bits per heavy atom. The predicted octanol–water partition coefficient (Wildman–Crippen LogP) is 2.52. The summed E-state index contributed by atoms with van der Waals surface area (Å²) in [6.07, 6.45) is 2.84. The molecule has 0 aliphatic carbocycles. The zero-order valence-corrected chi connectivity index (χ0v) is 15.7. The average molecular weight is 340 g/mol. The lowest BCUT2D eigenvalue weighted by molar-refractivity contribution is -0.189. The van der Waals surface area contributed by atoms with Gasteiger partial charge in [-0.3, -0.25) is 0 Å². The molecule has 24 heavy (non-hydrogen) atoms. The Balaban J connectivity index is 1.61. The number of hydrogen-bond acceptors (Lipinski definition) is 4. The number of likely N-dealkylation sites (tertiary alicyclic amines) is 1. The lowest BCUT2D eigenvalue weighted by Gasteiger charge is -2.40. The van der Waals surface area contributed by atoms with Crippen LogP contribution in [0.4, 0.5) is 4.79 Å². The first-order chi connectivity index (χ1) is 11.1. The normalized spacial score (nSPS) is 34.3. The van der Waals surface area contributed by atoms with Gasteiger partial charge < -0.3 is 24.4 Å². The molecule has 3 saturated heterocycles. The van der Waals surface area contributed by atoms with Crippen LogP contribution in [-0.4, -0.2) is 60.3 Å². The summed E-state index contributed by atoms with van der Waals surface area (Å²) in [5.74, 6) is -0.319. The molecule has 3 fully saturated rings. The van der Waals surface area contributed by atoms with Gasteiger partial charge in [0.05, 0.1) is 30.5 Å². The second-order valence-electron chi connectivity index (χ2n) is 8.67. The fraction of sp³-hybridized carbons (Fsp3) is 0.944. The van der Waals surface area contributed by atoms with E-state index >= 15 is 0 Å². The maximum Gasteiger partial charge on any atom is 0.317 e. The quantitative estimate of drug-likeness (QED) is 0.839. The molecule has 0 aromatic heterocycles. The van der Waals surface area contributed by atoms with Gasteiger partial charge in [-0.15, -0.1) is 0 Å². The van der Waals surface area contributed by atoms with Gasteiger partial charge in [0.2, 0.25) is 0 Å². The Morgan fingerprint density at radius 2 is 1.79 bits per heavy atom. The lowest BCUT2D eigenvalue weighted by atomic mass is 9.90. The highest BCUT2D eigenvalue weighted by molar-refractivity contribution is 5.75. The van der Waals surface area contributed by atoms with Crippen LogP contribution in [0.2, 0.25) is 0 Å². The van der Waals surface area contributed by atoms with E-state index in [1.54, 1.807) is 0 Å². The Kier molecular flexibility index (Phi) is 4.60. The van der Waals surface area contributed by atoms with Crippen molar-refractivity contribution in [1.29, 1.82) is 0 Å². The Labute approximate surface area is 145 Å². The molecule has 3 rings (SSSR count). The smallest absolute Gasteiger partial charge is 0.317 e. The molecule has 2 unspecified atom stereocenters. The van der Waals surface area contributed by atoms with Gasteiger partial charge in [0.1, 0.15) is 0 Å².